The molecule has 0 aromatic carbocycles. The molecule has 0 amide bonds. The summed E-state index contributed by atoms with van der Waals surface area (Å²) in [6, 6.07) is 0. The van der Waals surface area contributed by atoms with Gasteiger partial charge in [-0.15, -0.1) is 0 Å². The molecular weight excluding hydrogens is 230 g/mol. The maximum atomic E-state index is 5.81. The van der Waals surface area contributed by atoms with Crippen LogP contribution in [-0.4, -0.2) is 40.7 Å². The lowest BCUT2D eigenvalue weighted by Crippen LogP contribution is -2.29. The van der Waals surface area contributed by atoms with Gasteiger partial charge in [0.15, 0.2) is 11.5 Å². The Morgan fingerprint density at radius 3 is 3.28 bits per heavy atom. The number of nitrogens with zero attached hydrogens (tertiary/aromatic N) is 4. The molecule has 6 heteroatoms. The van der Waals surface area contributed by atoms with Crippen LogP contribution in [0.3, 0.4) is 0 Å². The molecule has 96 valence electrons. The molecule has 2 aromatic rings. The van der Waals surface area contributed by atoms with Gasteiger partial charge in [-0.1, -0.05) is 0 Å². The summed E-state index contributed by atoms with van der Waals surface area (Å²) in [6.07, 6.45) is 7.93. The predicted molar refractivity (Wildman–Crippen MR) is 69.6 cm³/mol. The highest BCUT2D eigenvalue weighted by atomic mass is 16.5. The molecule has 1 fully saturated rings. The molecule has 2 N–H and O–H groups in total. The van der Waals surface area contributed by atoms with E-state index in [1.807, 2.05) is 17.6 Å². The highest BCUT2D eigenvalue weighted by molar-refractivity contribution is 5.66. The van der Waals surface area contributed by atoms with Crippen LogP contribution in [0.15, 0.2) is 18.6 Å². The molecule has 18 heavy (non-hydrogen) atoms. The third-order valence-corrected chi connectivity index (χ3v) is 3.24. The summed E-state index contributed by atoms with van der Waals surface area (Å²) in [7, 11) is 2.00. The van der Waals surface area contributed by atoms with Crippen LogP contribution < -0.4 is 10.6 Å². The van der Waals surface area contributed by atoms with E-state index in [0.717, 1.165) is 37.5 Å². The molecule has 1 aliphatic heterocycles. The van der Waals surface area contributed by atoms with Crippen molar-refractivity contribution in [3.63, 3.8) is 0 Å². The predicted octanol–water partition coefficient (Wildman–Crippen LogP) is 0.927. The Hall–Kier alpha value is -1.82. The summed E-state index contributed by atoms with van der Waals surface area (Å²) in [5.74, 6) is 1.30. The van der Waals surface area contributed by atoms with Gasteiger partial charge in [0, 0.05) is 32.6 Å². The van der Waals surface area contributed by atoms with E-state index >= 15 is 0 Å². The minimum Gasteiger partial charge on any atom is -0.382 e. The second kappa shape index (κ2) is 4.45. The Labute approximate surface area is 105 Å². The van der Waals surface area contributed by atoms with Crippen LogP contribution in [-0.2, 0) is 4.74 Å². The van der Waals surface area contributed by atoms with E-state index in [1.54, 1.807) is 12.4 Å². The van der Waals surface area contributed by atoms with Gasteiger partial charge >= 0.3 is 0 Å². The van der Waals surface area contributed by atoms with Crippen molar-refractivity contribution in [3.8, 4) is 0 Å². The van der Waals surface area contributed by atoms with Gasteiger partial charge in [-0.2, -0.15) is 0 Å². The zero-order valence-corrected chi connectivity index (χ0v) is 10.4. The molecule has 0 saturated carbocycles. The molecule has 1 saturated heterocycles. The highest BCUT2D eigenvalue weighted by Gasteiger charge is 2.20. The van der Waals surface area contributed by atoms with Crippen molar-refractivity contribution in [1.82, 2.24) is 14.4 Å². The van der Waals surface area contributed by atoms with Gasteiger partial charge in [0.1, 0.15) is 5.82 Å². The standard InChI is InChI=1S/C12H17N5O/c1-16(7-9-3-2-6-18-9)12-11-14-4-5-17(11)8-10(13)15-12/h4-5,8-9H,2-3,6-7,13H2,1H3. The van der Waals surface area contributed by atoms with Crippen molar-refractivity contribution in [2.75, 3.05) is 30.8 Å². The first-order chi connectivity index (χ1) is 8.74. The average molecular weight is 247 g/mol. The lowest BCUT2D eigenvalue weighted by atomic mass is 10.2. The highest BCUT2D eigenvalue weighted by Crippen LogP contribution is 2.21. The van der Waals surface area contributed by atoms with Gasteiger partial charge in [-0.3, -0.25) is 0 Å². The molecule has 0 bridgehead atoms. The van der Waals surface area contributed by atoms with E-state index in [9.17, 15) is 0 Å². The van der Waals surface area contributed by atoms with Crippen molar-refractivity contribution in [3.05, 3.63) is 18.6 Å². The molecule has 6 nitrogen and oxygen atoms in total. The summed E-state index contributed by atoms with van der Waals surface area (Å²) >= 11 is 0. The Morgan fingerprint density at radius 2 is 2.50 bits per heavy atom. The maximum absolute atomic E-state index is 5.81. The molecule has 3 rings (SSSR count). The van der Waals surface area contributed by atoms with E-state index < -0.39 is 0 Å². The monoisotopic (exact) mass is 247 g/mol. The molecule has 3 heterocycles. The van der Waals surface area contributed by atoms with Crippen LogP contribution in [0.5, 0.6) is 0 Å². The zero-order valence-electron chi connectivity index (χ0n) is 10.4. The number of nitrogen functional groups attached to an aromatic ring is 1. The minimum atomic E-state index is 0.285. The molecule has 1 atom stereocenters. The maximum Gasteiger partial charge on any atom is 0.180 e. The molecule has 1 aliphatic rings. The topological polar surface area (TPSA) is 68.7 Å². The number of likely N-dealkylation sites (N-methyl/N-ethyl adjacent to an activating group) is 1. The van der Waals surface area contributed by atoms with Crippen molar-refractivity contribution < 1.29 is 4.74 Å². The van der Waals surface area contributed by atoms with Crippen LogP contribution in [0.1, 0.15) is 12.8 Å². The third-order valence-electron chi connectivity index (χ3n) is 3.24. The quantitative estimate of drug-likeness (QED) is 0.873. The lowest BCUT2D eigenvalue weighted by molar-refractivity contribution is 0.116. The molecule has 0 radical (unpaired) electrons. The number of ether oxygens (including phenoxy) is 1. The SMILES string of the molecule is CN(CC1CCCO1)c1nc(N)cn2ccnc12. The van der Waals surface area contributed by atoms with Gasteiger partial charge in [-0.05, 0) is 12.8 Å². The first-order valence-electron chi connectivity index (χ1n) is 6.16. The van der Waals surface area contributed by atoms with Crippen molar-refractivity contribution in [1.29, 1.82) is 0 Å². The first-order valence-corrected chi connectivity index (χ1v) is 6.16. The van der Waals surface area contributed by atoms with Crippen LogP contribution in [0, 0.1) is 0 Å². The second-order valence-electron chi connectivity index (χ2n) is 4.66. The summed E-state index contributed by atoms with van der Waals surface area (Å²) < 4.78 is 7.53. The fourth-order valence-electron chi connectivity index (χ4n) is 2.37. The van der Waals surface area contributed by atoms with Crippen molar-refractivity contribution >= 4 is 17.3 Å². The van der Waals surface area contributed by atoms with Crippen molar-refractivity contribution in [2.24, 2.45) is 0 Å². The Morgan fingerprint density at radius 1 is 1.61 bits per heavy atom. The molecule has 1 unspecified atom stereocenters. The number of fused-ring (bicyclic) bond motifs is 1. The van der Waals surface area contributed by atoms with Gasteiger partial charge in [0.25, 0.3) is 0 Å². The molecule has 0 aliphatic carbocycles. The van der Waals surface area contributed by atoms with E-state index in [4.69, 9.17) is 10.5 Å². The van der Waals surface area contributed by atoms with Crippen molar-refractivity contribution in [2.45, 2.75) is 18.9 Å². The molecule has 0 spiro atoms. The first kappa shape index (κ1) is 11.3. The number of anilines is 2. The van der Waals surface area contributed by atoms with E-state index in [-0.39, 0.29) is 6.10 Å². The van der Waals surface area contributed by atoms with Gasteiger partial charge in [0.05, 0.1) is 12.3 Å². The zero-order chi connectivity index (χ0) is 12.5. The van der Waals surface area contributed by atoms with E-state index in [1.165, 1.54) is 0 Å². The van der Waals surface area contributed by atoms with Crippen LogP contribution >= 0.6 is 0 Å². The van der Waals surface area contributed by atoms with Crippen LogP contribution in [0.4, 0.5) is 11.6 Å². The fraction of sp³-hybridized carbons (Fsp3) is 0.500. The minimum absolute atomic E-state index is 0.285. The Balaban J connectivity index is 1.89. The number of nitrogens with two attached hydrogens (primary N) is 1. The summed E-state index contributed by atoms with van der Waals surface area (Å²) in [6.45, 7) is 1.68. The van der Waals surface area contributed by atoms with Crippen LogP contribution in [0.2, 0.25) is 0 Å². The van der Waals surface area contributed by atoms with Gasteiger partial charge in [-0.25, -0.2) is 9.97 Å². The number of hydrogen-bond donors (Lipinski definition) is 1. The smallest absolute Gasteiger partial charge is 0.180 e. The van der Waals surface area contributed by atoms with E-state index in [2.05, 4.69) is 14.9 Å². The normalized spacial score (nSPS) is 19.5. The summed E-state index contributed by atoms with van der Waals surface area (Å²) in [4.78, 5) is 10.8. The second-order valence-corrected chi connectivity index (χ2v) is 4.66. The summed E-state index contributed by atoms with van der Waals surface area (Å²) in [5, 5.41) is 0. The Kier molecular flexibility index (Phi) is 2.79. The number of aromatic nitrogens is 3. The number of hydrogen-bond acceptors (Lipinski definition) is 5. The lowest BCUT2D eigenvalue weighted by Gasteiger charge is -2.22. The largest absolute Gasteiger partial charge is 0.382 e. The molecule has 2 aromatic heterocycles. The summed E-state index contributed by atoms with van der Waals surface area (Å²) in [5.41, 5.74) is 6.64. The van der Waals surface area contributed by atoms with E-state index in [0.29, 0.717) is 5.82 Å². The Bertz CT molecular complexity index is 546. The van der Waals surface area contributed by atoms with Gasteiger partial charge in [0.2, 0.25) is 0 Å². The number of imidazole rings is 1. The van der Waals surface area contributed by atoms with Crippen LogP contribution in [0.25, 0.3) is 5.65 Å². The van der Waals surface area contributed by atoms with Gasteiger partial charge < -0.3 is 19.8 Å². The fourth-order valence-corrected chi connectivity index (χ4v) is 2.37. The molecular formula is C12H17N5O. The number of rotatable bonds is 3. The third kappa shape index (κ3) is 1.99. The average Bonchev–Trinajstić information content (AvgIpc) is 2.97.